The first-order valence-corrected chi connectivity index (χ1v) is 5.97. The molecule has 6 heteroatoms. The van der Waals surface area contributed by atoms with Gasteiger partial charge in [-0.1, -0.05) is 19.8 Å². The Hall–Kier alpha value is 0.870. The van der Waals surface area contributed by atoms with Crippen molar-refractivity contribution >= 4 is 10.1 Å². The minimum atomic E-state index is -4.24. The first-order chi connectivity index (χ1) is 5.88. The van der Waals surface area contributed by atoms with Crippen LogP contribution in [-0.2, 0) is 10.1 Å². The van der Waals surface area contributed by atoms with Crippen molar-refractivity contribution in [3.8, 4) is 0 Å². The summed E-state index contributed by atoms with van der Waals surface area (Å²) in [5, 5.41) is 8.06. The molecule has 14 heavy (non-hydrogen) atoms. The smallest absolute Gasteiger partial charge is 0.748 e. The summed E-state index contributed by atoms with van der Waals surface area (Å²) in [4.78, 5) is 0. The largest absolute Gasteiger partial charge is 1.00 e. The molecule has 0 saturated carbocycles. The first kappa shape index (κ1) is 17.3. The second-order valence-electron chi connectivity index (χ2n) is 3.34. The fourth-order valence-corrected chi connectivity index (χ4v) is 2.16. The zero-order valence-electron chi connectivity index (χ0n) is 9.06. The molecule has 0 fully saturated rings. The van der Waals surface area contributed by atoms with Crippen LogP contribution in [0.2, 0.25) is 0 Å². The van der Waals surface area contributed by atoms with Gasteiger partial charge in [0.05, 0.1) is 21.5 Å². The Labute approximate surface area is 108 Å². The van der Waals surface area contributed by atoms with Gasteiger partial charge in [0.15, 0.2) is 0 Å². The van der Waals surface area contributed by atoms with Crippen molar-refractivity contribution in [1.82, 2.24) is 0 Å². The van der Waals surface area contributed by atoms with E-state index in [-0.39, 0.29) is 36.0 Å². The molecule has 80 valence electrons. The van der Waals surface area contributed by atoms with Crippen molar-refractivity contribution in [3.63, 3.8) is 0 Å². The number of unbranched alkanes of at least 4 members (excludes halogenated alkanes) is 1. The number of aliphatic hydroxyl groups is 1. The molecule has 4 nitrogen and oxygen atoms in total. The van der Waals surface area contributed by atoms with Gasteiger partial charge in [-0.05, 0) is 19.8 Å². The molecule has 0 spiro atoms. The summed E-state index contributed by atoms with van der Waals surface area (Å²) < 4.78 is 32.1. The molecule has 0 rings (SSSR count). The zero-order chi connectivity index (χ0) is 10.5. The Balaban J connectivity index is 0. The van der Waals surface area contributed by atoms with Gasteiger partial charge in [0.1, 0.15) is 0 Å². The van der Waals surface area contributed by atoms with Gasteiger partial charge in [-0.15, -0.1) is 0 Å². The van der Waals surface area contributed by atoms with E-state index in [9.17, 15) is 13.0 Å². The van der Waals surface area contributed by atoms with Gasteiger partial charge < -0.3 is 9.66 Å². The maximum absolute atomic E-state index is 10.7. The molecule has 0 aromatic rings. The Morgan fingerprint density at radius 1 is 1.43 bits per heavy atom. The molecule has 0 radical (unpaired) electrons. The van der Waals surface area contributed by atoms with Gasteiger partial charge in [0.25, 0.3) is 0 Å². The van der Waals surface area contributed by atoms with E-state index in [1.807, 2.05) is 6.92 Å². The van der Waals surface area contributed by atoms with Crippen LogP contribution in [0.1, 0.15) is 39.5 Å². The molecule has 0 aliphatic rings. The third-order valence-electron chi connectivity index (χ3n) is 1.89. The molecule has 0 heterocycles. The molecule has 2 atom stereocenters. The second-order valence-corrected chi connectivity index (χ2v) is 4.99. The van der Waals surface area contributed by atoms with Crippen molar-refractivity contribution in [1.29, 1.82) is 0 Å². The van der Waals surface area contributed by atoms with E-state index in [0.717, 1.165) is 6.42 Å². The molecule has 0 aromatic carbocycles. The van der Waals surface area contributed by atoms with E-state index in [4.69, 9.17) is 5.11 Å². The van der Waals surface area contributed by atoms with Crippen LogP contribution >= 0.6 is 0 Å². The average molecular weight is 232 g/mol. The summed E-state index contributed by atoms with van der Waals surface area (Å²) in [5.74, 6) is 0. The van der Waals surface area contributed by atoms with Gasteiger partial charge in [-0.2, -0.15) is 0 Å². The Bertz CT molecular complexity index is 225. The molecule has 0 aliphatic carbocycles. The van der Waals surface area contributed by atoms with E-state index >= 15 is 0 Å². The van der Waals surface area contributed by atoms with Crippen LogP contribution in [0.4, 0.5) is 0 Å². The molecule has 0 aromatic heterocycles. The average Bonchev–Trinajstić information content (AvgIpc) is 1.95. The van der Waals surface area contributed by atoms with Crippen LogP contribution in [0.25, 0.3) is 0 Å². The third-order valence-corrected chi connectivity index (χ3v) is 3.14. The molecule has 0 aliphatic heterocycles. The number of rotatable bonds is 6. The molecule has 2 unspecified atom stereocenters. The van der Waals surface area contributed by atoms with Crippen molar-refractivity contribution < 1.29 is 47.6 Å². The third kappa shape index (κ3) is 8.20. The van der Waals surface area contributed by atoms with Gasteiger partial charge in [-0.3, -0.25) is 0 Å². The van der Waals surface area contributed by atoms with Gasteiger partial charge >= 0.3 is 29.6 Å². The molecule has 0 bridgehead atoms. The standard InChI is InChI=1S/C8H18O4S.Na/c1-3-4-5-8(6-7(2)9)13(10,11)12;/h7-9H,3-6H2,1-2H3,(H,10,11,12);/q;+1/p-1. The summed E-state index contributed by atoms with van der Waals surface area (Å²) in [5.41, 5.74) is 0. The number of hydrogen-bond acceptors (Lipinski definition) is 4. The van der Waals surface area contributed by atoms with Crippen LogP contribution < -0.4 is 29.6 Å². The second kappa shape index (κ2) is 8.07. The SMILES string of the molecule is CCCCC(CC(C)O)S(=O)(=O)[O-].[Na+]. The molecule has 0 amide bonds. The summed E-state index contributed by atoms with van der Waals surface area (Å²) in [6, 6.07) is 0. The van der Waals surface area contributed by atoms with Crippen LogP contribution in [0.15, 0.2) is 0 Å². The van der Waals surface area contributed by atoms with E-state index in [1.165, 1.54) is 6.92 Å². The maximum atomic E-state index is 10.7. The van der Waals surface area contributed by atoms with Crippen molar-refractivity contribution in [2.75, 3.05) is 0 Å². The van der Waals surface area contributed by atoms with Crippen molar-refractivity contribution in [3.05, 3.63) is 0 Å². The quantitative estimate of drug-likeness (QED) is 0.419. The van der Waals surface area contributed by atoms with Crippen LogP contribution in [0.3, 0.4) is 0 Å². The molecular weight excluding hydrogens is 215 g/mol. The fraction of sp³-hybridized carbons (Fsp3) is 1.00. The Morgan fingerprint density at radius 3 is 2.21 bits per heavy atom. The summed E-state index contributed by atoms with van der Waals surface area (Å²) >= 11 is 0. The molecular formula is C8H17NaO4S. The normalized spacial score (nSPS) is 15.7. The Kier molecular flexibility index (Phi) is 9.96. The monoisotopic (exact) mass is 232 g/mol. The summed E-state index contributed by atoms with van der Waals surface area (Å²) in [6.45, 7) is 3.42. The van der Waals surface area contributed by atoms with Gasteiger partial charge in [0.2, 0.25) is 0 Å². The van der Waals surface area contributed by atoms with Crippen LogP contribution in [0, 0.1) is 0 Å². The van der Waals surface area contributed by atoms with E-state index in [1.54, 1.807) is 0 Å². The van der Waals surface area contributed by atoms with Crippen LogP contribution in [-0.4, -0.2) is 29.4 Å². The van der Waals surface area contributed by atoms with E-state index < -0.39 is 21.5 Å². The van der Waals surface area contributed by atoms with E-state index in [2.05, 4.69) is 0 Å². The fourth-order valence-electron chi connectivity index (χ4n) is 1.19. The summed E-state index contributed by atoms with van der Waals surface area (Å²) in [6.07, 6.45) is 1.23. The molecule has 1 N–H and O–H groups in total. The van der Waals surface area contributed by atoms with Crippen LogP contribution in [0.5, 0.6) is 0 Å². The number of hydrogen-bond donors (Lipinski definition) is 1. The minimum Gasteiger partial charge on any atom is -0.748 e. The van der Waals surface area contributed by atoms with Gasteiger partial charge in [0, 0.05) is 0 Å². The molecule has 0 saturated heterocycles. The predicted molar refractivity (Wildman–Crippen MR) is 49.3 cm³/mol. The minimum absolute atomic E-state index is 0. The summed E-state index contributed by atoms with van der Waals surface area (Å²) in [7, 11) is -4.24. The van der Waals surface area contributed by atoms with Crippen molar-refractivity contribution in [2.45, 2.75) is 50.9 Å². The Morgan fingerprint density at radius 2 is 1.93 bits per heavy atom. The zero-order valence-corrected chi connectivity index (χ0v) is 11.9. The van der Waals surface area contributed by atoms with Crippen molar-refractivity contribution in [2.24, 2.45) is 0 Å². The topological polar surface area (TPSA) is 77.4 Å². The number of aliphatic hydroxyl groups excluding tert-OH is 1. The van der Waals surface area contributed by atoms with E-state index in [0.29, 0.717) is 12.8 Å². The predicted octanol–water partition coefficient (Wildman–Crippen LogP) is -2.13. The van der Waals surface area contributed by atoms with Gasteiger partial charge in [-0.25, -0.2) is 8.42 Å². The first-order valence-electron chi connectivity index (χ1n) is 4.50. The maximum Gasteiger partial charge on any atom is 1.00 e.